The van der Waals surface area contributed by atoms with Crippen LogP contribution in [0.5, 0.6) is 11.5 Å². The van der Waals surface area contributed by atoms with E-state index in [1.165, 1.54) is 11.3 Å². The second kappa shape index (κ2) is 14.9. The zero-order valence-electron chi connectivity index (χ0n) is 26.2. The van der Waals surface area contributed by atoms with E-state index in [4.69, 9.17) is 42.4 Å². The fourth-order valence-electron chi connectivity index (χ4n) is 5.38. The highest BCUT2D eigenvalue weighted by Gasteiger charge is 2.35. The predicted molar refractivity (Wildman–Crippen MR) is 193 cm³/mol. The third-order valence-electron chi connectivity index (χ3n) is 7.67. The number of nitrogens with zero attached hydrogens (tertiary/aromatic N) is 2. The first kappa shape index (κ1) is 33.6. The molecule has 0 saturated carbocycles. The third-order valence-corrected chi connectivity index (χ3v) is 10.1. The zero-order valence-corrected chi connectivity index (χ0v) is 29.4. The summed E-state index contributed by atoms with van der Waals surface area (Å²) < 4.78 is 19.3. The molecular formula is C37H30Cl2N2O5S2. The minimum absolute atomic E-state index is 0.182. The average molecular weight is 718 g/mol. The number of aromatic nitrogens is 1. The summed E-state index contributed by atoms with van der Waals surface area (Å²) in [6.07, 6.45) is 3.79. The molecule has 0 spiro atoms. The van der Waals surface area contributed by atoms with Gasteiger partial charge in [-0.05, 0) is 72.3 Å². The minimum atomic E-state index is -0.750. The maximum Gasteiger partial charge on any atom is 0.338 e. The number of methoxy groups -OCH3 is 1. The van der Waals surface area contributed by atoms with Crippen molar-refractivity contribution in [2.45, 2.75) is 24.5 Å². The lowest BCUT2D eigenvalue weighted by Crippen LogP contribution is -2.40. The summed E-state index contributed by atoms with van der Waals surface area (Å²) in [5, 5.41) is 0.923. The van der Waals surface area contributed by atoms with E-state index in [1.54, 1.807) is 60.7 Å². The first-order chi connectivity index (χ1) is 23.3. The van der Waals surface area contributed by atoms with Crippen LogP contribution in [0.3, 0.4) is 0 Å². The van der Waals surface area contributed by atoms with Crippen LogP contribution in [0.2, 0.25) is 10.0 Å². The first-order valence-corrected chi connectivity index (χ1v) is 17.8. The Hall–Kier alpha value is -4.28. The number of hydrogen-bond donors (Lipinski definition) is 0. The Morgan fingerprint density at radius 1 is 0.979 bits per heavy atom. The average Bonchev–Trinajstić information content (AvgIpc) is 3.42. The second-order valence-corrected chi connectivity index (χ2v) is 13.4. The number of carbonyl (C=O) groups is 1. The lowest BCUT2D eigenvalue weighted by Gasteiger charge is -2.26. The van der Waals surface area contributed by atoms with E-state index in [0.29, 0.717) is 42.1 Å². The van der Waals surface area contributed by atoms with E-state index < -0.39 is 12.0 Å². The number of halogens is 2. The molecule has 0 unspecified atom stereocenters. The van der Waals surface area contributed by atoms with Gasteiger partial charge in [0.1, 0.15) is 6.61 Å². The molecule has 2 heterocycles. The molecule has 0 N–H and O–H groups in total. The van der Waals surface area contributed by atoms with Gasteiger partial charge >= 0.3 is 5.97 Å². The highest BCUT2D eigenvalue weighted by molar-refractivity contribution is 7.98. The number of ether oxygens (including phenoxy) is 3. The van der Waals surface area contributed by atoms with E-state index in [2.05, 4.69) is 0 Å². The Labute approximate surface area is 295 Å². The van der Waals surface area contributed by atoms with Crippen LogP contribution in [-0.2, 0) is 16.1 Å². The Balaban J connectivity index is 1.45. The molecule has 6 rings (SSSR count). The number of thiazole rings is 1. The Kier molecular flexibility index (Phi) is 10.4. The monoisotopic (exact) mass is 716 g/mol. The van der Waals surface area contributed by atoms with Crippen molar-refractivity contribution in [3.63, 3.8) is 0 Å². The molecule has 11 heteroatoms. The van der Waals surface area contributed by atoms with Crippen molar-refractivity contribution in [3.05, 3.63) is 149 Å². The Morgan fingerprint density at radius 3 is 2.44 bits per heavy atom. The van der Waals surface area contributed by atoms with E-state index in [1.807, 2.05) is 73.0 Å². The van der Waals surface area contributed by atoms with Crippen LogP contribution in [0.1, 0.15) is 35.2 Å². The maximum absolute atomic E-state index is 14.3. The molecule has 244 valence electrons. The van der Waals surface area contributed by atoms with Crippen molar-refractivity contribution in [1.82, 2.24) is 4.57 Å². The Morgan fingerprint density at radius 2 is 1.75 bits per heavy atom. The summed E-state index contributed by atoms with van der Waals surface area (Å²) >= 11 is 15.1. The van der Waals surface area contributed by atoms with Gasteiger partial charge in [-0.25, -0.2) is 9.79 Å². The van der Waals surface area contributed by atoms with Gasteiger partial charge in [-0.3, -0.25) is 9.36 Å². The summed E-state index contributed by atoms with van der Waals surface area (Å²) in [7, 11) is 1.56. The number of esters is 1. The molecule has 0 fully saturated rings. The highest BCUT2D eigenvalue weighted by atomic mass is 35.5. The van der Waals surface area contributed by atoms with E-state index in [0.717, 1.165) is 27.1 Å². The van der Waals surface area contributed by atoms with Crippen molar-refractivity contribution >= 4 is 64.0 Å². The van der Waals surface area contributed by atoms with Crippen LogP contribution >= 0.6 is 46.3 Å². The molecule has 4 aromatic carbocycles. The van der Waals surface area contributed by atoms with E-state index >= 15 is 0 Å². The lowest BCUT2D eigenvalue weighted by molar-refractivity contribution is -0.138. The van der Waals surface area contributed by atoms with Gasteiger partial charge in [0, 0.05) is 10.5 Å². The normalized spacial score (nSPS) is 14.4. The van der Waals surface area contributed by atoms with Gasteiger partial charge in [-0.2, -0.15) is 0 Å². The van der Waals surface area contributed by atoms with Crippen molar-refractivity contribution in [3.8, 4) is 11.5 Å². The molecule has 7 nitrogen and oxygen atoms in total. The summed E-state index contributed by atoms with van der Waals surface area (Å²) in [6, 6.07) is 27.4. The largest absolute Gasteiger partial charge is 0.493 e. The van der Waals surface area contributed by atoms with Gasteiger partial charge < -0.3 is 14.2 Å². The number of benzene rings is 4. The molecule has 0 amide bonds. The van der Waals surface area contributed by atoms with Crippen LogP contribution in [0, 0.1) is 0 Å². The minimum Gasteiger partial charge on any atom is -0.493 e. The lowest BCUT2D eigenvalue weighted by atomic mass is 9.93. The summed E-state index contributed by atoms with van der Waals surface area (Å²) in [6.45, 7) is 2.20. The molecule has 1 atom stereocenters. The van der Waals surface area contributed by atoms with Crippen LogP contribution < -0.4 is 24.4 Å². The van der Waals surface area contributed by atoms with Crippen LogP contribution in [-0.4, -0.2) is 30.5 Å². The molecule has 48 heavy (non-hydrogen) atoms. The number of carbonyl (C=O) groups excluding carboxylic acids is 1. The van der Waals surface area contributed by atoms with Gasteiger partial charge in [0.05, 0.1) is 45.6 Å². The quantitative estimate of drug-likeness (QED) is 0.110. The van der Waals surface area contributed by atoms with Crippen molar-refractivity contribution in [1.29, 1.82) is 0 Å². The van der Waals surface area contributed by atoms with Crippen molar-refractivity contribution in [2.24, 2.45) is 4.99 Å². The Bertz CT molecular complexity index is 2200. The van der Waals surface area contributed by atoms with Gasteiger partial charge in [0.15, 0.2) is 16.3 Å². The number of rotatable bonds is 10. The predicted octanol–water partition coefficient (Wildman–Crippen LogP) is 7.55. The zero-order chi connectivity index (χ0) is 33.8. The SMILES string of the molecule is CCOC(=O)C1=C(c2ccccc2)N=c2s/c(=C\c3ccc(OCc4ccc(Cl)c(Cl)c4)c(OC)c3)c(=O)n2[C@@H]1c1ccc(SC)cc1. The molecule has 0 radical (unpaired) electrons. The highest BCUT2D eigenvalue weighted by Crippen LogP contribution is 2.36. The molecule has 0 aliphatic carbocycles. The molecule has 0 bridgehead atoms. The maximum atomic E-state index is 14.3. The fraction of sp³-hybridized carbons (Fsp3) is 0.162. The smallest absolute Gasteiger partial charge is 0.338 e. The number of thioether (sulfide) groups is 1. The van der Waals surface area contributed by atoms with E-state index in [9.17, 15) is 9.59 Å². The molecule has 0 saturated heterocycles. The topological polar surface area (TPSA) is 79.1 Å². The number of fused-ring (bicyclic) bond motifs is 1. The van der Waals surface area contributed by atoms with Gasteiger partial charge in [-0.15, -0.1) is 11.8 Å². The summed E-state index contributed by atoms with van der Waals surface area (Å²) in [5.74, 6) is 0.510. The first-order valence-electron chi connectivity index (χ1n) is 15.0. The van der Waals surface area contributed by atoms with Crippen molar-refractivity contribution in [2.75, 3.05) is 20.0 Å². The third kappa shape index (κ3) is 6.96. The number of hydrogen-bond acceptors (Lipinski definition) is 8. The molecule has 1 aliphatic heterocycles. The fourth-order valence-corrected chi connectivity index (χ4v) is 7.11. The molecular weight excluding hydrogens is 687 g/mol. The van der Waals surface area contributed by atoms with Gasteiger partial charge in [0.2, 0.25) is 0 Å². The molecule has 5 aromatic rings. The van der Waals surface area contributed by atoms with Crippen LogP contribution in [0.4, 0.5) is 0 Å². The molecule has 1 aliphatic rings. The van der Waals surface area contributed by atoms with Gasteiger partial charge in [-0.1, -0.05) is 89.1 Å². The van der Waals surface area contributed by atoms with Crippen LogP contribution in [0.25, 0.3) is 11.8 Å². The molecule has 1 aromatic heterocycles. The van der Waals surface area contributed by atoms with Crippen LogP contribution in [0.15, 0.2) is 111 Å². The standard InChI is InChI=1S/C37H30Cl2N2O5S2/c1-4-45-36(43)32-33(24-8-6-5-7-9-24)40-37-41(34(32)25-12-14-26(47-3)15-13-25)35(42)31(48-37)20-22-11-17-29(30(19-22)44-2)46-21-23-10-16-27(38)28(39)18-23/h5-20,34H,4,21H2,1-3H3/b31-20-/t34-/m1/s1. The van der Waals surface area contributed by atoms with E-state index in [-0.39, 0.29) is 18.8 Å². The second-order valence-electron chi connectivity index (χ2n) is 10.7. The summed E-state index contributed by atoms with van der Waals surface area (Å²) in [4.78, 5) is 34.4. The summed E-state index contributed by atoms with van der Waals surface area (Å²) in [5.41, 5.74) is 3.63. The van der Waals surface area contributed by atoms with Crippen molar-refractivity contribution < 1.29 is 19.0 Å². The van der Waals surface area contributed by atoms with Gasteiger partial charge in [0.25, 0.3) is 5.56 Å².